The summed E-state index contributed by atoms with van der Waals surface area (Å²) < 4.78 is 5.08. The molecule has 1 aliphatic heterocycles. The van der Waals surface area contributed by atoms with Crippen LogP contribution in [0.15, 0.2) is 58.5 Å². The number of amides is 1. The molecule has 0 aromatic heterocycles. The number of carbonyl (C=O) groups is 2. The third-order valence-electron chi connectivity index (χ3n) is 5.35. The zero-order chi connectivity index (χ0) is 26.2. The van der Waals surface area contributed by atoms with E-state index >= 15 is 0 Å². The molecule has 11 heteroatoms. The molecule has 1 aliphatic rings. The number of nitrogens with two attached hydrogens (primary N) is 1. The first-order valence-electron chi connectivity index (χ1n) is 11.4. The Morgan fingerprint density at radius 1 is 1.31 bits per heavy atom. The maximum absolute atomic E-state index is 13.5. The van der Waals surface area contributed by atoms with Gasteiger partial charge in [-0.15, -0.1) is 0 Å². The molecule has 9 nitrogen and oxygen atoms in total. The molecule has 0 saturated carbocycles. The van der Waals surface area contributed by atoms with E-state index in [1.807, 2.05) is 30.3 Å². The zero-order valence-corrected chi connectivity index (χ0v) is 22.0. The highest BCUT2D eigenvalue weighted by molar-refractivity contribution is 7.80. The summed E-state index contributed by atoms with van der Waals surface area (Å²) >= 11 is 11.9. The number of benzene rings is 2. The first-order chi connectivity index (χ1) is 17.2. The lowest BCUT2D eigenvalue weighted by Crippen LogP contribution is -2.52. The molecule has 190 valence electrons. The number of thiocarbonyl (C=S) groups is 1. The summed E-state index contributed by atoms with van der Waals surface area (Å²) in [4.78, 5) is 37.7. The lowest BCUT2D eigenvalue weighted by atomic mass is 10.0. The van der Waals surface area contributed by atoms with Gasteiger partial charge >= 0.3 is 5.97 Å². The first-order valence-corrected chi connectivity index (χ1v) is 12.2. The minimum absolute atomic E-state index is 0.110. The van der Waals surface area contributed by atoms with E-state index in [1.165, 1.54) is 4.90 Å². The van der Waals surface area contributed by atoms with Gasteiger partial charge in [-0.05, 0) is 44.3 Å². The smallest absolute Gasteiger partial charge is 0.325 e. The number of aliphatic imine (C=N–C) groups is 2. The van der Waals surface area contributed by atoms with Crippen LogP contribution < -0.4 is 16.0 Å². The largest absolute Gasteiger partial charge is 0.465 e. The molecule has 36 heavy (non-hydrogen) atoms. The Morgan fingerprint density at radius 2 is 2.03 bits per heavy atom. The van der Waals surface area contributed by atoms with Crippen molar-refractivity contribution in [2.75, 3.05) is 38.2 Å². The summed E-state index contributed by atoms with van der Waals surface area (Å²) in [5.74, 6) is -0.354. The second-order valence-corrected chi connectivity index (χ2v) is 8.83. The van der Waals surface area contributed by atoms with Gasteiger partial charge in [0.25, 0.3) is 5.91 Å². The molecule has 3 rings (SSSR count). The third-order valence-corrected chi connectivity index (χ3v) is 5.96. The number of hydrogen-bond donors (Lipinski definition) is 2. The molecule has 1 heterocycles. The van der Waals surface area contributed by atoms with Gasteiger partial charge in [-0.25, -0.2) is 4.99 Å². The van der Waals surface area contributed by atoms with Crippen molar-refractivity contribution in [3.63, 3.8) is 0 Å². The fourth-order valence-corrected chi connectivity index (χ4v) is 4.08. The van der Waals surface area contributed by atoms with Crippen LogP contribution in [0.2, 0.25) is 5.02 Å². The summed E-state index contributed by atoms with van der Waals surface area (Å²) in [5.41, 5.74) is 8.43. The van der Waals surface area contributed by atoms with Gasteiger partial charge in [0.1, 0.15) is 6.54 Å². The van der Waals surface area contributed by atoms with Crippen molar-refractivity contribution in [3.05, 3.63) is 64.7 Å². The molecule has 0 saturated heterocycles. The number of benzodiazepines with no additional fused rings is 1. The van der Waals surface area contributed by atoms with Crippen LogP contribution in [0.5, 0.6) is 0 Å². The third kappa shape index (κ3) is 6.79. The quantitative estimate of drug-likeness (QED) is 0.234. The Labute approximate surface area is 221 Å². The van der Waals surface area contributed by atoms with Crippen molar-refractivity contribution < 1.29 is 14.3 Å². The SMILES string of the molecule is CCOC(=O)CN(CCN=C(C)N)C(=S)NC1N=C(c2ccccc2)c2cc(Cl)ccc2N(C)C1=O. The number of ether oxygens (including phenoxy) is 1. The average Bonchev–Trinajstić information content (AvgIpc) is 2.94. The van der Waals surface area contributed by atoms with Crippen molar-refractivity contribution in [1.82, 2.24) is 10.2 Å². The number of fused-ring (bicyclic) bond motifs is 1. The predicted molar refractivity (Wildman–Crippen MR) is 147 cm³/mol. The number of anilines is 1. The Kier molecular flexibility index (Phi) is 9.38. The highest BCUT2D eigenvalue weighted by atomic mass is 35.5. The molecule has 0 fully saturated rings. The van der Waals surface area contributed by atoms with Crippen LogP contribution in [0.25, 0.3) is 0 Å². The van der Waals surface area contributed by atoms with Crippen LogP contribution in [0.1, 0.15) is 25.0 Å². The van der Waals surface area contributed by atoms with Crippen LogP contribution in [-0.2, 0) is 14.3 Å². The van der Waals surface area contributed by atoms with Crippen LogP contribution in [-0.4, -0.2) is 72.9 Å². The van der Waals surface area contributed by atoms with Crippen LogP contribution >= 0.6 is 23.8 Å². The molecular formula is C25H29ClN6O3S. The molecule has 0 bridgehead atoms. The number of likely N-dealkylation sites (N-methyl/N-ethyl adjacent to an activating group) is 1. The number of esters is 1. The normalized spacial score (nSPS) is 15.5. The Morgan fingerprint density at radius 3 is 2.69 bits per heavy atom. The number of amidine groups is 1. The van der Waals surface area contributed by atoms with Crippen molar-refractivity contribution in [3.8, 4) is 0 Å². The maximum atomic E-state index is 13.5. The van der Waals surface area contributed by atoms with E-state index in [4.69, 9.17) is 39.3 Å². The number of rotatable bonds is 8. The molecular weight excluding hydrogens is 500 g/mol. The highest BCUT2D eigenvalue weighted by Crippen LogP contribution is 2.29. The zero-order valence-electron chi connectivity index (χ0n) is 20.4. The molecule has 1 atom stereocenters. The average molecular weight is 529 g/mol. The van der Waals surface area contributed by atoms with Gasteiger partial charge in [0.2, 0.25) is 6.17 Å². The topological polar surface area (TPSA) is 113 Å². The summed E-state index contributed by atoms with van der Waals surface area (Å²) in [7, 11) is 1.67. The number of nitrogens with zero attached hydrogens (tertiary/aromatic N) is 4. The fraction of sp³-hybridized carbons (Fsp3) is 0.320. The minimum atomic E-state index is -1.05. The van der Waals surface area contributed by atoms with Gasteiger partial charge in [0.05, 0.1) is 30.4 Å². The van der Waals surface area contributed by atoms with Crippen LogP contribution in [0, 0.1) is 0 Å². The molecule has 2 aromatic rings. The summed E-state index contributed by atoms with van der Waals surface area (Å²) in [5, 5.41) is 3.72. The summed E-state index contributed by atoms with van der Waals surface area (Å²) in [6.45, 7) is 4.14. The lowest BCUT2D eigenvalue weighted by molar-refractivity contribution is -0.143. The first kappa shape index (κ1) is 27.1. The second-order valence-electron chi connectivity index (χ2n) is 8.00. The van der Waals surface area contributed by atoms with Gasteiger partial charge in [-0.3, -0.25) is 14.6 Å². The number of nitrogens with one attached hydrogen (secondary N) is 1. The molecule has 1 unspecified atom stereocenters. The summed E-state index contributed by atoms with van der Waals surface area (Å²) in [6.07, 6.45) is -1.05. The Hall–Kier alpha value is -3.50. The van der Waals surface area contributed by atoms with Gasteiger partial charge in [-0.2, -0.15) is 0 Å². The van der Waals surface area contributed by atoms with Gasteiger partial charge in [0.15, 0.2) is 5.11 Å². The number of carbonyl (C=O) groups excluding carboxylic acids is 2. The van der Waals surface area contributed by atoms with Crippen LogP contribution in [0.3, 0.4) is 0 Å². The fourth-order valence-electron chi connectivity index (χ4n) is 3.64. The molecule has 1 amide bonds. The number of hydrogen-bond acceptors (Lipinski definition) is 6. The van der Waals surface area contributed by atoms with E-state index in [0.717, 1.165) is 11.1 Å². The lowest BCUT2D eigenvalue weighted by Gasteiger charge is -2.27. The predicted octanol–water partition coefficient (Wildman–Crippen LogP) is 2.60. The summed E-state index contributed by atoms with van der Waals surface area (Å²) in [6, 6.07) is 14.8. The number of halogens is 1. The monoisotopic (exact) mass is 528 g/mol. The van der Waals surface area contributed by atoms with Gasteiger partial charge in [-0.1, -0.05) is 41.9 Å². The van der Waals surface area contributed by atoms with E-state index in [9.17, 15) is 9.59 Å². The van der Waals surface area contributed by atoms with Gasteiger partial charge < -0.3 is 25.6 Å². The minimum Gasteiger partial charge on any atom is -0.465 e. The van der Waals surface area contributed by atoms with Gasteiger partial charge in [0, 0.05) is 29.7 Å². The van der Waals surface area contributed by atoms with Crippen molar-refractivity contribution >= 4 is 58.0 Å². The van der Waals surface area contributed by atoms with Crippen LogP contribution in [0.4, 0.5) is 5.69 Å². The van der Waals surface area contributed by atoms with Crippen molar-refractivity contribution in [2.45, 2.75) is 20.0 Å². The highest BCUT2D eigenvalue weighted by Gasteiger charge is 2.31. The molecule has 2 aromatic carbocycles. The van der Waals surface area contributed by atoms with E-state index in [2.05, 4.69) is 10.3 Å². The van der Waals surface area contributed by atoms with E-state index in [0.29, 0.717) is 35.3 Å². The molecule has 0 aliphatic carbocycles. The van der Waals surface area contributed by atoms with E-state index in [-0.39, 0.29) is 24.2 Å². The van der Waals surface area contributed by atoms with E-state index < -0.39 is 12.1 Å². The second kappa shape index (κ2) is 12.5. The Bertz CT molecular complexity index is 1180. The molecule has 3 N–H and O–H groups in total. The van der Waals surface area contributed by atoms with E-state index in [1.54, 1.807) is 44.0 Å². The molecule has 0 radical (unpaired) electrons. The Balaban J connectivity index is 1.97. The maximum Gasteiger partial charge on any atom is 0.325 e. The molecule has 0 spiro atoms. The van der Waals surface area contributed by atoms with Crippen molar-refractivity contribution in [2.24, 2.45) is 15.7 Å². The van der Waals surface area contributed by atoms with Crippen molar-refractivity contribution in [1.29, 1.82) is 0 Å². The standard InChI is InChI=1S/C25H29ClN6O3S/c1-4-35-21(33)15-32(13-12-28-16(2)27)25(36)30-23-24(34)31(3)20-11-10-18(26)14-19(20)22(29-23)17-8-6-5-7-9-17/h5-11,14,23H,4,12-13,15H2,1-3H3,(H2,27,28)(H,30,36).